The molecule has 452 valence electrons. The van der Waals surface area contributed by atoms with Crippen LogP contribution in [0.3, 0.4) is 0 Å². The Morgan fingerprint density at radius 3 is 2.27 bits per heavy atom. The topological polar surface area (TPSA) is 239 Å². The molecule has 1 aromatic heterocycles. The molecule has 13 atom stereocenters. The Balaban J connectivity index is 0.909. The van der Waals surface area contributed by atoms with E-state index in [0.29, 0.717) is 43.2 Å². The van der Waals surface area contributed by atoms with Gasteiger partial charge in [0, 0.05) is 59.4 Å². The van der Waals surface area contributed by atoms with Gasteiger partial charge < -0.3 is 55.3 Å². The van der Waals surface area contributed by atoms with Gasteiger partial charge in [-0.25, -0.2) is 0 Å². The highest BCUT2D eigenvalue weighted by atomic mass is 16.5. The van der Waals surface area contributed by atoms with Crippen molar-refractivity contribution in [2.75, 3.05) is 13.3 Å². The first-order chi connectivity index (χ1) is 41.7. The maximum atomic E-state index is 15.5. The molecule has 2 bridgehead atoms. The fourth-order valence-corrected chi connectivity index (χ4v) is 22.8. The Hall–Kier alpha value is -6.67. The minimum absolute atomic E-state index is 0.00564. The van der Waals surface area contributed by atoms with Crippen LogP contribution in [-0.2, 0) is 29.7 Å². The Labute approximate surface area is 503 Å². The molecule has 86 heavy (non-hydrogen) atoms. The monoisotopic (exact) mass is 1160 g/mol. The summed E-state index contributed by atoms with van der Waals surface area (Å²) in [6.45, 7) is 0.113. The maximum absolute atomic E-state index is 15.5. The molecule has 10 aliphatic carbocycles. The molecule has 0 amide bonds. The number of fused-ring (bicyclic) bond motifs is 10. The minimum atomic E-state index is -1.13. The lowest BCUT2D eigenvalue weighted by Gasteiger charge is -2.56. The van der Waals surface area contributed by atoms with Gasteiger partial charge in [0.25, 0.3) is 0 Å². The SMILES string of the molecule is NCOc1cc(CCC(=O)C2CC(Cc3ccc(O)cc3O)C3CC4CC(C56CCC7(CCC8(C7)CC7(CCCC7)C7(CCCC7)C8CO)C5c5cc[nH]c5-c5ccccc56)C(c5cc(O)c(O)c(OCc6cccc(O)c6)c54)C3C2O)ccc1O. The van der Waals surface area contributed by atoms with E-state index in [9.17, 15) is 40.9 Å². The Bertz CT molecular complexity index is 3620. The van der Waals surface area contributed by atoms with Gasteiger partial charge in [-0.2, -0.15) is 0 Å². The first-order valence-electron chi connectivity index (χ1n) is 32.4. The molecule has 7 fully saturated rings. The molecule has 5 aromatic carbocycles. The number of hydrogen-bond acceptors (Lipinski definition) is 12. The number of carbonyl (C=O) groups is 1. The highest BCUT2D eigenvalue weighted by molar-refractivity contribution is 5.82. The number of aromatic amines is 1. The number of ketones is 1. The number of aryl methyl sites for hydroxylation is 1. The highest BCUT2D eigenvalue weighted by Gasteiger charge is 2.75. The van der Waals surface area contributed by atoms with Gasteiger partial charge in [-0.15, -0.1) is 0 Å². The van der Waals surface area contributed by atoms with Crippen LogP contribution in [0.2, 0.25) is 0 Å². The fourth-order valence-electron chi connectivity index (χ4n) is 22.8. The predicted octanol–water partition coefficient (Wildman–Crippen LogP) is 13.2. The van der Waals surface area contributed by atoms with Crippen molar-refractivity contribution in [1.82, 2.24) is 4.98 Å². The number of H-pyrrole nitrogens is 1. The Morgan fingerprint density at radius 2 is 1.48 bits per heavy atom. The molecule has 13 heteroatoms. The molecule has 0 radical (unpaired) electrons. The van der Waals surface area contributed by atoms with E-state index in [4.69, 9.17) is 15.2 Å². The van der Waals surface area contributed by atoms with Crippen molar-refractivity contribution >= 4 is 5.78 Å². The third-order valence-corrected chi connectivity index (χ3v) is 25.5. The van der Waals surface area contributed by atoms with Crippen LogP contribution < -0.4 is 15.2 Å². The number of aliphatic hydroxyl groups excluding tert-OH is 2. The van der Waals surface area contributed by atoms with Crippen LogP contribution in [0.4, 0.5) is 0 Å². The van der Waals surface area contributed by atoms with Crippen molar-refractivity contribution in [3.05, 3.63) is 142 Å². The van der Waals surface area contributed by atoms with Gasteiger partial charge in [-0.05, 0) is 235 Å². The summed E-state index contributed by atoms with van der Waals surface area (Å²) in [7, 11) is 0. The van der Waals surface area contributed by atoms with Crippen LogP contribution in [0.1, 0.15) is 172 Å². The number of carbonyl (C=O) groups excluding carboxylic acids is 1. The lowest BCUT2D eigenvalue weighted by atomic mass is 9.47. The number of ether oxygens (including phenoxy) is 2. The summed E-state index contributed by atoms with van der Waals surface area (Å²) < 4.78 is 12.3. The zero-order valence-corrected chi connectivity index (χ0v) is 49.2. The molecule has 7 saturated carbocycles. The first kappa shape index (κ1) is 55.9. The van der Waals surface area contributed by atoms with E-state index in [1.807, 2.05) is 6.07 Å². The van der Waals surface area contributed by atoms with Crippen molar-refractivity contribution in [3.63, 3.8) is 0 Å². The number of nitrogens with two attached hydrogens (primary N) is 1. The number of hydrogen-bond donors (Lipinski definition) is 10. The van der Waals surface area contributed by atoms with Crippen molar-refractivity contribution in [3.8, 4) is 57.3 Å². The van der Waals surface area contributed by atoms with E-state index in [-0.39, 0.29) is 135 Å². The second kappa shape index (κ2) is 20.7. The smallest absolute Gasteiger partial charge is 0.200 e. The number of phenolic OH excluding ortho intramolecular Hbond substituents is 6. The van der Waals surface area contributed by atoms with Crippen LogP contribution in [-0.4, -0.2) is 71.1 Å². The number of rotatable bonds is 13. The standard InChI is InChI=1S/C73H84N2O11/c74-40-86-59-29-41(13-17-56(59)80)12-16-55(79)51-31-44(30-43-14-15-47(78)34-57(43)81)50-32-45-33-54(62(63(50)65(51)83)52-35-58(82)66(84)67(61(45)52)85-37-42-8-7-9-46(77)28-42)73-26-25-69(68(73)49-18-27-75-64(49)48-10-1-2-11-53(48)73)23-24-70(38-69)39-71(19-3-4-20-71)72(60(70)36-76)21-5-6-22-72/h1-2,7-11,13-15,17-18,27-29,34-35,44-45,50-51,54,60,62-63,65,68,75-78,80-84H,3-6,12,16,19-26,30-33,36-40,74H2. The van der Waals surface area contributed by atoms with Crippen molar-refractivity contribution in [1.29, 1.82) is 0 Å². The molecule has 0 saturated heterocycles. The van der Waals surface area contributed by atoms with Gasteiger partial charge >= 0.3 is 0 Å². The molecule has 11 N–H and O–H groups in total. The fraction of sp³-hybridized carbons (Fsp3) is 0.521. The lowest BCUT2D eigenvalue weighted by molar-refractivity contribution is -0.136. The van der Waals surface area contributed by atoms with Crippen molar-refractivity contribution < 1.29 is 55.1 Å². The van der Waals surface area contributed by atoms with Gasteiger partial charge in [0.15, 0.2) is 23.0 Å². The first-order valence-corrected chi connectivity index (χ1v) is 32.4. The summed E-state index contributed by atoms with van der Waals surface area (Å²) in [6.07, 6.45) is 19.8. The molecule has 10 aliphatic rings. The molecule has 0 aliphatic heterocycles. The number of nitrogens with one attached hydrogen (secondary N) is 1. The third kappa shape index (κ3) is 8.21. The number of aromatic nitrogens is 1. The van der Waals surface area contributed by atoms with E-state index < -0.39 is 29.3 Å². The number of Topliss-reactive ketones (excluding diaryl/α,β-unsaturated/α-hetero) is 1. The predicted molar refractivity (Wildman–Crippen MR) is 325 cm³/mol. The second-order valence-corrected chi connectivity index (χ2v) is 28.8. The Morgan fingerprint density at radius 1 is 0.698 bits per heavy atom. The average molecular weight is 1170 g/mol. The molecule has 16 rings (SSSR count). The van der Waals surface area contributed by atoms with Gasteiger partial charge in [0.05, 0.1) is 6.10 Å². The molecule has 6 aromatic rings. The van der Waals surface area contributed by atoms with Gasteiger partial charge in [0.2, 0.25) is 5.75 Å². The van der Waals surface area contributed by atoms with Crippen LogP contribution in [0, 0.1) is 57.2 Å². The zero-order chi connectivity index (χ0) is 59.1. The molecular weight excluding hydrogens is 1080 g/mol. The summed E-state index contributed by atoms with van der Waals surface area (Å²) in [6, 6.07) is 29.7. The average Bonchev–Trinajstić information content (AvgIpc) is 1.50. The molecule has 1 heterocycles. The Kier molecular flexibility index (Phi) is 13.5. The van der Waals surface area contributed by atoms with Crippen LogP contribution >= 0.6 is 0 Å². The van der Waals surface area contributed by atoms with E-state index >= 15 is 4.79 Å². The van der Waals surface area contributed by atoms with E-state index in [0.717, 1.165) is 48.8 Å². The summed E-state index contributed by atoms with van der Waals surface area (Å²) in [5, 5.41) is 93.8. The summed E-state index contributed by atoms with van der Waals surface area (Å²) in [5.74, 6) is -2.77. The summed E-state index contributed by atoms with van der Waals surface area (Å²) >= 11 is 0. The van der Waals surface area contributed by atoms with Crippen LogP contribution in [0.25, 0.3) is 11.3 Å². The van der Waals surface area contributed by atoms with Gasteiger partial charge in [-0.1, -0.05) is 74.2 Å². The maximum Gasteiger partial charge on any atom is 0.200 e. The van der Waals surface area contributed by atoms with E-state index in [1.165, 1.54) is 86.2 Å². The molecular formula is C73H84N2O11. The normalized spacial score (nSPS) is 33.0. The molecule has 13 unspecified atom stereocenters. The third-order valence-electron chi connectivity index (χ3n) is 25.5. The highest BCUT2D eigenvalue weighted by Crippen LogP contribution is 2.84. The number of phenols is 6. The second-order valence-electron chi connectivity index (χ2n) is 28.8. The number of aliphatic hydroxyl groups is 2. The summed E-state index contributed by atoms with van der Waals surface area (Å²) in [5.41, 5.74) is 14.3. The largest absolute Gasteiger partial charge is 0.508 e. The van der Waals surface area contributed by atoms with Crippen LogP contribution in [0.5, 0.6) is 46.0 Å². The van der Waals surface area contributed by atoms with E-state index in [1.54, 1.807) is 54.6 Å². The quantitative estimate of drug-likeness (QED) is 0.0384. The van der Waals surface area contributed by atoms with Gasteiger partial charge in [0.1, 0.15) is 36.4 Å². The van der Waals surface area contributed by atoms with Crippen molar-refractivity contribution in [2.45, 2.75) is 164 Å². The molecule has 4 spiro atoms. The zero-order valence-electron chi connectivity index (χ0n) is 49.2. The number of aromatic hydroxyl groups is 6. The van der Waals surface area contributed by atoms with Crippen LogP contribution in [0.15, 0.2) is 103 Å². The summed E-state index contributed by atoms with van der Waals surface area (Å²) in [4.78, 5) is 19.3. The minimum Gasteiger partial charge on any atom is -0.508 e. The number of benzene rings is 5. The molecule has 13 nitrogen and oxygen atoms in total. The van der Waals surface area contributed by atoms with Gasteiger partial charge in [-0.3, -0.25) is 10.5 Å². The lowest BCUT2D eigenvalue weighted by Crippen LogP contribution is -2.53. The van der Waals surface area contributed by atoms with E-state index in [2.05, 4.69) is 41.5 Å². The van der Waals surface area contributed by atoms with Crippen molar-refractivity contribution in [2.24, 2.45) is 62.9 Å².